The van der Waals surface area contributed by atoms with Crippen molar-refractivity contribution in [1.82, 2.24) is 5.32 Å². The van der Waals surface area contributed by atoms with Crippen molar-refractivity contribution in [1.29, 1.82) is 0 Å². The van der Waals surface area contributed by atoms with Crippen molar-refractivity contribution >= 4 is 46.9 Å². The van der Waals surface area contributed by atoms with Crippen LogP contribution in [-0.4, -0.2) is 23.0 Å². The molecule has 5 aromatic carbocycles. The number of thioether (sulfide) groups is 1. The fourth-order valence-electron chi connectivity index (χ4n) is 4.52. The van der Waals surface area contributed by atoms with Crippen LogP contribution in [0.25, 0.3) is 6.08 Å². The molecule has 7 nitrogen and oxygen atoms in total. The van der Waals surface area contributed by atoms with Crippen molar-refractivity contribution in [2.75, 3.05) is 10.6 Å². The first-order chi connectivity index (χ1) is 24.1. The molecular weight excluding hydrogens is 670 g/mol. The quantitative estimate of drug-likeness (QED) is 0.0527. The monoisotopic (exact) mass is 699 g/mol. The number of rotatable bonds is 12. The van der Waals surface area contributed by atoms with Crippen LogP contribution in [0.2, 0.25) is 0 Å². The minimum Gasteiger partial charge on any atom is -0.489 e. The molecule has 3 N–H and O–H groups in total. The van der Waals surface area contributed by atoms with Crippen LogP contribution in [0.5, 0.6) is 5.75 Å². The Labute approximate surface area is 289 Å². The van der Waals surface area contributed by atoms with Gasteiger partial charge in [-0.2, -0.15) is 0 Å². The van der Waals surface area contributed by atoms with Gasteiger partial charge < -0.3 is 20.7 Å². The number of carbonyl (C=O) groups is 3. The number of amides is 3. The molecule has 1 unspecified atom stereocenters. The van der Waals surface area contributed by atoms with E-state index in [0.717, 1.165) is 17.3 Å². The van der Waals surface area contributed by atoms with Crippen LogP contribution in [-0.2, 0) is 16.2 Å². The number of hydrogen-bond donors (Lipinski definition) is 3. The summed E-state index contributed by atoms with van der Waals surface area (Å²) in [5, 5.41) is 6.33. The average molecular weight is 700 g/mol. The van der Waals surface area contributed by atoms with Gasteiger partial charge in [0, 0.05) is 22.2 Å². The zero-order valence-electron chi connectivity index (χ0n) is 26.4. The summed E-state index contributed by atoms with van der Waals surface area (Å²) in [4.78, 5) is 39.7. The van der Waals surface area contributed by atoms with E-state index >= 15 is 0 Å². The van der Waals surface area contributed by atoms with Crippen LogP contribution in [0.1, 0.15) is 28.4 Å². The zero-order chi connectivity index (χ0) is 35.6. The van der Waals surface area contributed by atoms with E-state index in [-0.39, 0.29) is 11.8 Å². The summed E-state index contributed by atoms with van der Waals surface area (Å²) >= 11 is 0.963. The second-order valence-corrected chi connectivity index (χ2v) is 12.2. The molecule has 0 bridgehead atoms. The molecule has 5 rings (SSSR count). The maximum atomic E-state index is 14.1. The molecule has 0 heterocycles. The van der Waals surface area contributed by atoms with Gasteiger partial charge in [-0.15, -0.1) is 11.8 Å². The fourth-order valence-corrected chi connectivity index (χ4v) is 5.45. The minimum absolute atomic E-state index is 0.0465. The summed E-state index contributed by atoms with van der Waals surface area (Å²) in [6.07, 6.45) is 1.51. The Kier molecular flexibility index (Phi) is 11.7. The minimum atomic E-state index is -1.73. The lowest BCUT2D eigenvalue weighted by Gasteiger charge is -2.15. The maximum absolute atomic E-state index is 14.1. The largest absolute Gasteiger partial charge is 0.489 e. The molecule has 0 aromatic heterocycles. The summed E-state index contributed by atoms with van der Waals surface area (Å²) in [6.45, 7) is 1.80. The van der Waals surface area contributed by atoms with Crippen molar-refractivity contribution in [3.05, 3.63) is 161 Å². The molecule has 12 heteroatoms. The van der Waals surface area contributed by atoms with E-state index in [4.69, 9.17) is 4.74 Å². The van der Waals surface area contributed by atoms with Crippen molar-refractivity contribution < 1.29 is 36.7 Å². The Morgan fingerprint density at radius 1 is 0.760 bits per heavy atom. The number of hydrogen-bond acceptors (Lipinski definition) is 5. The summed E-state index contributed by atoms with van der Waals surface area (Å²) in [6, 6.07) is 31.4. The van der Waals surface area contributed by atoms with E-state index < -0.39 is 51.9 Å². The first kappa shape index (κ1) is 35.4. The Morgan fingerprint density at radius 2 is 1.40 bits per heavy atom. The Morgan fingerprint density at radius 3 is 2.06 bits per heavy atom. The molecule has 3 amide bonds. The van der Waals surface area contributed by atoms with E-state index in [1.54, 1.807) is 78.9 Å². The number of ether oxygens (including phenoxy) is 1. The predicted molar refractivity (Wildman–Crippen MR) is 184 cm³/mol. The molecule has 0 spiro atoms. The molecule has 254 valence electrons. The van der Waals surface area contributed by atoms with Gasteiger partial charge in [0.2, 0.25) is 5.91 Å². The summed E-state index contributed by atoms with van der Waals surface area (Å²) in [7, 11) is 0. The zero-order valence-corrected chi connectivity index (χ0v) is 27.2. The highest BCUT2D eigenvalue weighted by Gasteiger charge is 2.24. The van der Waals surface area contributed by atoms with Crippen LogP contribution < -0.4 is 20.7 Å². The van der Waals surface area contributed by atoms with Gasteiger partial charge in [0.25, 0.3) is 11.8 Å². The third kappa shape index (κ3) is 9.38. The SMILES string of the molecule is CC(Sc1cccc(NC(=O)/C(=C\c2ccc(OCc3ccccc3)cc2)NC(=O)c2ccccc2)c1)C(=O)Nc1c(F)c(F)cc(F)c1F. The fraction of sp³-hybridized carbons (Fsp3) is 0.0789. The smallest absolute Gasteiger partial charge is 0.272 e. The molecular formula is C38H29F4N3O4S. The molecule has 0 aliphatic heterocycles. The van der Waals surface area contributed by atoms with Gasteiger partial charge in [-0.05, 0) is 66.6 Å². The Balaban J connectivity index is 1.29. The lowest BCUT2D eigenvalue weighted by Crippen LogP contribution is -2.30. The van der Waals surface area contributed by atoms with Gasteiger partial charge in [-0.1, -0.05) is 66.7 Å². The highest BCUT2D eigenvalue weighted by atomic mass is 32.2. The molecule has 5 aromatic rings. The first-order valence-electron chi connectivity index (χ1n) is 15.1. The van der Waals surface area contributed by atoms with Gasteiger partial charge >= 0.3 is 0 Å². The molecule has 0 fully saturated rings. The highest BCUT2D eigenvalue weighted by molar-refractivity contribution is 8.00. The van der Waals surface area contributed by atoms with E-state index in [1.807, 2.05) is 35.6 Å². The number of carbonyl (C=O) groups excluding carboxylic acids is 3. The molecule has 1 atom stereocenters. The number of halogens is 4. The van der Waals surface area contributed by atoms with E-state index in [1.165, 1.54) is 13.0 Å². The second-order valence-electron chi connectivity index (χ2n) is 10.8. The highest BCUT2D eigenvalue weighted by Crippen LogP contribution is 2.29. The Hall–Kier alpha value is -5.88. The first-order valence-corrected chi connectivity index (χ1v) is 16.0. The van der Waals surface area contributed by atoms with Crippen molar-refractivity contribution in [2.24, 2.45) is 0 Å². The van der Waals surface area contributed by atoms with Crippen molar-refractivity contribution in [3.8, 4) is 5.75 Å². The topological polar surface area (TPSA) is 96.5 Å². The van der Waals surface area contributed by atoms with Crippen LogP contribution in [0, 0.1) is 23.3 Å². The second kappa shape index (κ2) is 16.5. The van der Waals surface area contributed by atoms with Crippen molar-refractivity contribution in [3.63, 3.8) is 0 Å². The van der Waals surface area contributed by atoms with Crippen LogP contribution in [0.3, 0.4) is 0 Å². The number of benzene rings is 5. The molecule has 0 aliphatic rings. The molecule has 0 radical (unpaired) electrons. The summed E-state index contributed by atoms with van der Waals surface area (Å²) in [5.74, 6) is -8.22. The Bertz CT molecular complexity index is 2000. The molecule has 0 saturated carbocycles. The summed E-state index contributed by atoms with van der Waals surface area (Å²) < 4.78 is 61.2. The third-order valence-corrected chi connectivity index (χ3v) is 8.20. The third-order valence-electron chi connectivity index (χ3n) is 7.10. The van der Waals surface area contributed by atoms with Crippen LogP contribution in [0.15, 0.2) is 126 Å². The van der Waals surface area contributed by atoms with Gasteiger partial charge in [-0.3, -0.25) is 14.4 Å². The average Bonchev–Trinajstić information content (AvgIpc) is 3.12. The van der Waals surface area contributed by atoms with Gasteiger partial charge in [-0.25, -0.2) is 17.6 Å². The lowest BCUT2D eigenvalue weighted by molar-refractivity contribution is -0.115. The molecule has 50 heavy (non-hydrogen) atoms. The molecule has 0 aliphatic carbocycles. The van der Waals surface area contributed by atoms with E-state index in [9.17, 15) is 31.9 Å². The molecule has 0 saturated heterocycles. The predicted octanol–water partition coefficient (Wildman–Crippen LogP) is 8.35. The van der Waals surface area contributed by atoms with E-state index in [2.05, 4.69) is 10.6 Å². The van der Waals surface area contributed by atoms with Gasteiger partial charge in [0.05, 0.1) is 5.25 Å². The standard InChI is InChI=1S/C38H29F4N3O4S/c1-23(36(46)45-35-33(41)30(39)21-31(40)34(35)42)50-29-14-8-13-27(20-29)43-38(48)32(44-37(47)26-11-6-3-7-12-26)19-24-15-17-28(18-16-24)49-22-25-9-4-2-5-10-25/h2-21,23H,22H2,1H3,(H,43,48)(H,44,47)(H,45,46)/b32-19+. The van der Waals surface area contributed by atoms with Crippen LogP contribution in [0.4, 0.5) is 28.9 Å². The van der Waals surface area contributed by atoms with E-state index in [0.29, 0.717) is 34.1 Å². The number of anilines is 2. The maximum Gasteiger partial charge on any atom is 0.272 e. The lowest BCUT2D eigenvalue weighted by atomic mass is 10.1. The number of nitrogens with one attached hydrogen (secondary N) is 3. The van der Waals surface area contributed by atoms with Gasteiger partial charge in [0.1, 0.15) is 23.7 Å². The van der Waals surface area contributed by atoms with Crippen LogP contribution >= 0.6 is 11.8 Å². The van der Waals surface area contributed by atoms with Crippen molar-refractivity contribution in [2.45, 2.75) is 23.7 Å². The summed E-state index contributed by atoms with van der Waals surface area (Å²) in [5.41, 5.74) is 0.959. The van der Waals surface area contributed by atoms with Gasteiger partial charge in [0.15, 0.2) is 23.3 Å². The normalized spacial score (nSPS) is 11.7.